The molecule has 1 heterocycles. The van der Waals surface area contributed by atoms with E-state index in [1.807, 2.05) is 22.6 Å². The molecule has 112 valence electrons. The first kappa shape index (κ1) is 15.6. The number of carbonyl (C=O) groups is 2. The van der Waals surface area contributed by atoms with Crippen molar-refractivity contribution in [2.75, 3.05) is 6.54 Å². The van der Waals surface area contributed by atoms with Crippen LogP contribution >= 0.6 is 22.6 Å². The molecular formula is C12H11IN2O6. The summed E-state index contributed by atoms with van der Waals surface area (Å²) in [6, 6.07) is 2.69. The number of β-amino-alcohol motifs (C(OH)–C–C–N with tert-alkyl or cyclic N) is 1. The van der Waals surface area contributed by atoms with Crippen LogP contribution in [0.5, 0.6) is 0 Å². The number of aliphatic hydroxyl groups excluding tert-OH is 1. The average molecular weight is 406 g/mol. The number of halogens is 1. The molecule has 0 saturated carbocycles. The minimum absolute atomic E-state index is 0.0490. The van der Waals surface area contributed by atoms with Gasteiger partial charge in [0.1, 0.15) is 6.04 Å². The summed E-state index contributed by atoms with van der Waals surface area (Å²) in [5, 5.41) is 29.4. The molecule has 1 aliphatic rings. The lowest BCUT2D eigenvalue weighted by atomic mass is 10.1. The maximum atomic E-state index is 12.4. The van der Waals surface area contributed by atoms with E-state index in [-0.39, 0.29) is 24.2 Å². The van der Waals surface area contributed by atoms with Crippen LogP contribution in [0.2, 0.25) is 0 Å². The number of benzene rings is 1. The van der Waals surface area contributed by atoms with Crippen molar-refractivity contribution in [3.8, 4) is 0 Å². The standard InChI is InChI=1S/C12H11IN2O6/c13-9-2-1-6(15(20)21)3-8(9)11(17)14-5-7(16)4-10(14)12(18)19/h1-3,7,10,16H,4-5H2,(H,18,19). The zero-order chi connectivity index (χ0) is 15.7. The fourth-order valence-electron chi connectivity index (χ4n) is 2.22. The highest BCUT2D eigenvalue weighted by molar-refractivity contribution is 14.1. The van der Waals surface area contributed by atoms with Crippen LogP contribution in [0.4, 0.5) is 5.69 Å². The Bertz CT molecular complexity index is 620. The number of nitro groups is 1. The van der Waals surface area contributed by atoms with E-state index in [0.29, 0.717) is 3.57 Å². The number of non-ortho nitro benzene ring substituents is 1. The largest absolute Gasteiger partial charge is 0.480 e. The van der Waals surface area contributed by atoms with Gasteiger partial charge in [0.2, 0.25) is 0 Å². The SMILES string of the molecule is O=C(O)C1CC(O)CN1C(=O)c1cc([N+](=O)[O-])ccc1I. The van der Waals surface area contributed by atoms with E-state index in [4.69, 9.17) is 5.11 Å². The van der Waals surface area contributed by atoms with E-state index in [1.54, 1.807) is 0 Å². The van der Waals surface area contributed by atoms with E-state index in [0.717, 1.165) is 11.0 Å². The fourth-order valence-corrected chi connectivity index (χ4v) is 2.78. The molecule has 0 bridgehead atoms. The predicted octanol–water partition coefficient (Wildman–Crippen LogP) is 0.859. The minimum Gasteiger partial charge on any atom is -0.480 e. The molecule has 1 aromatic carbocycles. The number of aliphatic hydroxyl groups is 1. The average Bonchev–Trinajstić information content (AvgIpc) is 2.80. The summed E-state index contributed by atoms with van der Waals surface area (Å²) in [5.74, 6) is -1.84. The van der Waals surface area contributed by atoms with E-state index in [2.05, 4.69) is 0 Å². The molecule has 21 heavy (non-hydrogen) atoms. The number of nitrogens with zero attached hydrogens (tertiary/aromatic N) is 2. The Morgan fingerprint density at radius 3 is 2.67 bits per heavy atom. The van der Waals surface area contributed by atoms with Gasteiger partial charge in [-0.3, -0.25) is 14.9 Å². The van der Waals surface area contributed by atoms with E-state index in [1.165, 1.54) is 12.1 Å². The number of nitro benzene ring substituents is 1. The first-order valence-electron chi connectivity index (χ1n) is 5.97. The van der Waals surface area contributed by atoms with Crippen LogP contribution in [0.15, 0.2) is 18.2 Å². The molecule has 2 N–H and O–H groups in total. The van der Waals surface area contributed by atoms with Crippen LogP contribution in [0.3, 0.4) is 0 Å². The van der Waals surface area contributed by atoms with Crippen molar-refractivity contribution < 1.29 is 24.7 Å². The van der Waals surface area contributed by atoms with Gasteiger partial charge in [0.25, 0.3) is 11.6 Å². The molecule has 2 atom stereocenters. The topological polar surface area (TPSA) is 121 Å². The molecule has 0 radical (unpaired) electrons. The number of hydrogen-bond acceptors (Lipinski definition) is 5. The number of carbonyl (C=O) groups excluding carboxylic acids is 1. The van der Waals surface area contributed by atoms with Gasteiger partial charge >= 0.3 is 5.97 Å². The van der Waals surface area contributed by atoms with E-state index < -0.39 is 28.9 Å². The van der Waals surface area contributed by atoms with Crippen LogP contribution in [0.25, 0.3) is 0 Å². The molecule has 0 aliphatic carbocycles. The lowest BCUT2D eigenvalue weighted by molar-refractivity contribution is -0.384. The summed E-state index contributed by atoms with van der Waals surface area (Å²) in [7, 11) is 0. The Balaban J connectivity index is 2.37. The quantitative estimate of drug-likeness (QED) is 0.437. The minimum atomic E-state index is -1.21. The van der Waals surface area contributed by atoms with Crippen LogP contribution < -0.4 is 0 Å². The van der Waals surface area contributed by atoms with Crippen molar-refractivity contribution in [2.24, 2.45) is 0 Å². The third-order valence-electron chi connectivity index (χ3n) is 3.22. The molecule has 9 heteroatoms. The summed E-state index contributed by atoms with van der Waals surface area (Å²) in [4.78, 5) is 34.8. The predicted molar refractivity (Wildman–Crippen MR) is 78.9 cm³/mol. The molecule has 0 spiro atoms. The van der Waals surface area contributed by atoms with Crippen molar-refractivity contribution in [3.05, 3.63) is 37.4 Å². The second-order valence-corrected chi connectivity index (χ2v) is 5.78. The summed E-state index contributed by atoms with van der Waals surface area (Å²) >= 11 is 1.85. The summed E-state index contributed by atoms with van der Waals surface area (Å²) in [6.07, 6.45) is -0.960. The number of rotatable bonds is 3. The van der Waals surface area contributed by atoms with Crippen LogP contribution in [-0.2, 0) is 4.79 Å². The normalized spacial score (nSPS) is 21.3. The second-order valence-electron chi connectivity index (χ2n) is 4.62. The Labute approximate surface area is 132 Å². The molecule has 8 nitrogen and oxygen atoms in total. The highest BCUT2D eigenvalue weighted by Crippen LogP contribution is 2.25. The van der Waals surface area contributed by atoms with Gasteiger partial charge in [-0.15, -0.1) is 0 Å². The number of hydrogen-bond donors (Lipinski definition) is 2. The van der Waals surface area contributed by atoms with Gasteiger partial charge < -0.3 is 15.1 Å². The molecule has 1 aliphatic heterocycles. The summed E-state index contributed by atoms with van der Waals surface area (Å²) in [6.45, 7) is -0.103. The fraction of sp³-hybridized carbons (Fsp3) is 0.333. The number of carboxylic acid groups (broad SMARTS) is 1. The Morgan fingerprint density at radius 1 is 1.43 bits per heavy atom. The molecule has 2 unspecified atom stereocenters. The van der Waals surface area contributed by atoms with E-state index in [9.17, 15) is 24.8 Å². The van der Waals surface area contributed by atoms with Crippen LogP contribution in [-0.4, -0.2) is 50.6 Å². The third-order valence-corrected chi connectivity index (χ3v) is 4.16. The highest BCUT2D eigenvalue weighted by Gasteiger charge is 2.39. The van der Waals surface area contributed by atoms with Crippen molar-refractivity contribution in [2.45, 2.75) is 18.6 Å². The van der Waals surface area contributed by atoms with Crippen LogP contribution in [0.1, 0.15) is 16.8 Å². The van der Waals surface area contributed by atoms with Crippen molar-refractivity contribution in [1.29, 1.82) is 0 Å². The monoisotopic (exact) mass is 406 g/mol. The number of likely N-dealkylation sites (tertiary alicyclic amines) is 1. The molecule has 1 saturated heterocycles. The van der Waals surface area contributed by atoms with Gasteiger partial charge in [-0.2, -0.15) is 0 Å². The van der Waals surface area contributed by atoms with Gasteiger partial charge in [0.15, 0.2) is 0 Å². The lowest BCUT2D eigenvalue weighted by Gasteiger charge is -2.21. The number of amides is 1. The van der Waals surface area contributed by atoms with Gasteiger partial charge in [0, 0.05) is 28.7 Å². The van der Waals surface area contributed by atoms with Gasteiger partial charge in [0.05, 0.1) is 16.6 Å². The van der Waals surface area contributed by atoms with Crippen molar-refractivity contribution in [1.82, 2.24) is 4.90 Å². The van der Waals surface area contributed by atoms with Crippen molar-refractivity contribution >= 4 is 40.2 Å². The Morgan fingerprint density at radius 2 is 2.10 bits per heavy atom. The molecule has 1 fully saturated rings. The first-order chi connectivity index (χ1) is 9.81. The van der Waals surface area contributed by atoms with Crippen LogP contribution in [0, 0.1) is 13.7 Å². The third kappa shape index (κ3) is 3.13. The first-order valence-corrected chi connectivity index (χ1v) is 7.05. The molecule has 0 aromatic heterocycles. The Hall–Kier alpha value is -1.75. The molecule has 1 aromatic rings. The van der Waals surface area contributed by atoms with Gasteiger partial charge in [-0.25, -0.2) is 4.79 Å². The molecule has 2 rings (SSSR count). The Kier molecular flexibility index (Phi) is 4.42. The molecule has 1 amide bonds. The maximum Gasteiger partial charge on any atom is 0.326 e. The lowest BCUT2D eigenvalue weighted by Crippen LogP contribution is -2.40. The highest BCUT2D eigenvalue weighted by atomic mass is 127. The number of carboxylic acids is 1. The smallest absolute Gasteiger partial charge is 0.326 e. The van der Waals surface area contributed by atoms with Gasteiger partial charge in [-0.05, 0) is 28.7 Å². The van der Waals surface area contributed by atoms with Gasteiger partial charge in [-0.1, -0.05) is 0 Å². The van der Waals surface area contributed by atoms with Crippen molar-refractivity contribution in [3.63, 3.8) is 0 Å². The van der Waals surface area contributed by atoms with E-state index >= 15 is 0 Å². The summed E-state index contributed by atoms with van der Waals surface area (Å²) < 4.78 is 0.480. The zero-order valence-electron chi connectivity index (χ0n) is 10.6. The number of aliphatic carboxylic acids is 1. The zero-order valence-corrected chi connectivity index (χ0v) is 12.8. The maximum absolute atomic E-state index is 12.4. The summed E-state index contributed by atoms with van der Waals surface area (Å²) in [5.41, 5.74) is -0.185. The second kappa shape index (κ2) is 5.93. The molecular weight excluding hydrogens is 395 g/mol.